The zero-order valence-electron chi connectivity index (χ0n) is 20.0. The standard InChI is InChI=1S/C29H30FNO4/c1-20-4-2-3-5-26(20)23-15-24-17-31(28(32)14-21-6-8-25(30)9-7-21)11-13-34-29(24)27(16-23)35-19-22-10-12-33-18-22/h2-9,15-16,22H,10-14,17-19H2,1H3/t22-/m0/s1. The van der Waals surface area contributed by atoms with Gasteiger partial charge in [0.05, 0.1) is 26.2 Å². The number of hydrogen-bond acceptors (Lipinski definition) is 4. The number of benzene rings is 3. The summed E-state index contributed by atoms with van der Waals surface area (Å²) in [5.74, 6) is 1.46. The van der Waals surface area contributed by atoms with Crippen LogP contribution >= 0.6 is 0 Å². The van der Waals surface area contributed by atoms with E-state index in [1.165, 1.54) is 17.7 Å². The predicted molar refractivity (Wildman–Crippen MR) is 132 cm³/mol. The largest absolute Gasteiger partial charge is 0.489 e. The van der Waals surface area contributed by atoms with Crippen LogP contribution in [0.25, 0.3) is 11.1 Å². The van der Waals surface area contributed by atoms with Crippen LogP contribution in [0.1, 0.15) is 23.1 Å². The van der Waals surface area contributed by atoms with E-state index in [9.17, 15) is 9.18 Å². The average Bonchev–Trinajstić information content (AvgIpc) is 3.29. The molecule has 1 atom stereocenters. The van der Waals surface area contributed by atoms with Crippen molar-refractivity contribution in [2.24, 2.45) is 5.92 Å². The van der Waals surface area contributed by atoms with E-state index >= 15 is 0 Å². The van der Waals surface area contributed by atoms with Gasteiger partial charge in [0, 0.05) is 24.6 Å². The monoisotopic (exact) mass is 475 g/mol. The lowest BCUT2D eigenvalue weighted by Crippen LogP contribution is -2.33. The molecule has 182 valence electrons. The van der Waals surface area contributed by atoms with Gasteiger partial charge in [-0.15, -0.1) is 0 Å². The molecule has 1 fully saturated rings. The third-order valence-corrected chi connectivity index (χ3v) is 6.68. The highest BCUT2D eigenvalue weighted by Gasteiger charge is 2.25. The zero-order valence-corrected chi connectivity index (χ0v) is 20.0. The molecule has 2 aliphatic rings. The first-order valence-corrected chi connectivity index (χ1v) is 12.2. The second-order valence-electron chi connectivity index (χ2n) is 9.29. The maximum atomic E-state index is 13.3. The number of aryl methyl sites for hydroxylation is 1. The molecule has 0 bridgehead atoms. The van der Waals surface area contributed by atoms with Gasteiger partial charge in [0.15, 0.2) is 11.5 Å². The van der Waals surface area contributed by atoms with Crippen molar-refractivity contribution in [1.29, 1.82) is 0 Å². The lowest BCUT2D eigenvalue weighted by atomic mass is 9.97. The third kappa shape index (κ3) is 5.49. The molecule has 0 unspecified atom stereocenters. The van der Waals surface area contributed by atoms with E-state index in [0.29, 0.717) is 50.3 Å². The Balaban J connectivity index is 1.44. The second-order valence-corrected chi connectivity index (χ2v) is 9.29. The van der Waals surface area contributed by atoms with Crippen LogP contribution in [0.4, 0.5) is 4.39 Å². The van der Waals surface area contributed by atoms with Gasteiger partial charge in [-0.25, -0.2) is 4.39 Å². The van der Waals surface area contributed by atoms with Crippen LogP contribution in [0, 0.1) is 18.7 Å². The van der Waals surface area contributed by atoms with Crippen LogP contribution in [0.2, 0.25) is 0 Å². The van der Waals surface area contributed by atoms with Crippen LogP contribution in [0.5, 0.6) is 11.5 Å². The van der Waals surface area contributed by atoms with E-state index < -0.39 is 0 Å². The van der Waals surface area contributed by atoms with Crippen LogP contribution in [0.3, 0.4) is 0 Å². The highest BCUT2D eigenvalue weighted by atomic mass is 19.1. The number of fused-ring (bicyclic) bond motifs is 1. The smallest absolute Gasteiger partial charge is 0.227 e. The SMILES string of the molecule is Cc1ccccc1-c1cc2c(c(OC[C@H]3CCOC3)c1)OCCN(C(=O)Cc1ccc(F)cc1)C2. The molecule has 6 heteroatoms. The molecule has 0 spiro atoms. The normalized spacial score (nSPS) is 17.4. The number of hydrogen-bond donors (Lipinski definition) is 0. The molecule has 0 aromatic heterocycles. The fraction of sp³-hybridized carbons (Fsp3) is 0.345. The fourth-order valence-corrected chi connectivity index (χ4v) is 4.67. The summed E-state index contributed by atoms with van der Waals surface area (Å²) in [4.78, 5) is 15.0. The molecular formula is C29H30FNO4. The van der Waals surface area contributed by atoms with Crippen molar-refractivity contribution >= 4 is 5.91 Å². The minimum Gasteiger partial charge on any atom is -0.489 e. The van der Waals surface area contributed by atoms with E-state index in [4.69, 9.17) is 14.2 Å². The van der Waals surface area contributed by atoms with Gasteiger partial charge in [0.25, 0.3) is 0 Å². The van der Waals surface area contributed by atoms with Crippen molar-refractivity contribution in [3.05, 3.63) is 83.2 Å². The van der Waals surface area contributed by atoms with Gasteiger partial charge < -0.3 is 19.1 Å². The summed E-state index contributed by atoms with van der Waals surface area (Å²) in [6, 6.07) is 18.5. The molecule has 3 aromatic rings. The van der Waals surface area contributed by atoms with Crippen molar-refractivity contribution in [3.8, 4) is 22.6 Å². The predicted octanol–water partition coefficient (Wildman–Crippen LogP) is 5.18. The molecule has 2 heterocycles. The molecular weight excluding hydrogens is 445 g/mol. The molecule has 35 heavy (non-hydrogen) atoms. The van der Waals surface area contributed by atoms with Crippen molar-refractivity contribution in [2.75, 3.05) is 33.0 Å². The summed E-state index contributed by atoms with van der Waals surface area (Å²) in [6.07, 6.45) is 1.21. The van der Waals surface area contributed by atoms with Crippen molar-refractivity contribution in [3.63, 3.8) is 0 Å². The van der Waals surface area contributed by atoms with Gasteiger partial charge >= 0.3 is 0 Å². The first kappa shape index (κ1) is 23.4. The molecule has 0 aliphatic carbocycles. The van der Waals surface area contributed by atoms with Gasteiger partial charge in [-0.2, -0.15) is 0 Å². The van der Waals surface area contributed by atoms with Gasteiger partial charge in [0.1, 0.15) is 12.4 Å². The summed E-state index contributed by atoms with van der Waals surface area (Å²) >= 11 is 0. The molecule has 0 saturated carbocycles. The maximum absolute atomic E-state index is 13.3. The van der Waals surface area contributed by atoms with Gasteiger partial charge in [0.2, 0.25) is 5.91 Å². The number of rotatable bonds is 6. The Bertz CT molecular complexity index is 1190. The van der Waals surface area contributed by atoms with Crippen molar-refractivity contribution < 1.29 is 23.4 Å². The average molecular weight is 476 g/mol. The summed E-state index contributed by atoms with van der Waals surface area (Å²) in [5.41, 5.74) is 5.04. The highest BCUT2D eigenvalue weighted by Crippen LogP contribution is 2.39. The fourth-order valence-electron chi connectivity index (χ4n) is 4.67. The Labute approximate surface area is 205 Å². The molecule has 5 nitrogen and oxygen atoms in total. The van der Waals surface area contributed by atoms with Crippen LogP contribution in [-0.2, 0) is 22.5 Å². The Morgan fingerprint density at radius 1 is 1.11 bits per heavy atom. The van der Waals surface area contributed by atoms with E-state index in [0.717, 1.165) is 35.3 Å². The Morgan fingerprint density at radius 3 is 2.71 bits per heavy atom. The first-order chi connectivity index (χ1) is 17.1. The first-order valence-electron chi connectivity index (χ1n) is 12.2. The van der Waals surface area contributed by atoms with Crippen LogP contribution < -0.4 is 9.47 Å². The van der Waals surface area contributed by atoms with Crippen LogP contribution in [-0.4, -0.2) is 43.8 Å². The lowest BCUT2D eigenvalue weighted by Gasteiger charge is -2.21. The van der Waals surface area contributed by atoms with E-state index in [1.807, 2.05) is 23.1 Å². The van der Waals surface area contributed by atoms with E-state index in [-0.39, 0.29) is 18.1 Å². The lowest BCUT2D eigenvalue weighted by molar-refractivity contribution is -0.131. The number of ether oxygens (including phenoxy) is 3. The summed E-state index contributed by atoms with van der Waals surface area (Å²) < 4.78 is 31.2. The minimum absolute atomic E-state index is 0.0140. The summed E-state index contributed by atoms with van der Waals surface area (Å²) in [5, 5.41) is 0. The van der Waals surface area contributed by atoms with Gasteiger partial charge in [-0.05, 0) is 59.9 Å². The molecule has 0 N–H and O–H groups in total. The number of halogens is 1. The van der Waals surface area contributed by atoms with E-state index in [2.05, 4.69) is 25.1 Å². The second kappa shape index (κ2) is 10.5. The molecule has 5 rings (SSSR count). The van der Waals surface area contributed by atoms with Crippen molar-refractivity contribution in [1.82, 2.24) is 4.90 Å². The summed E-state index contributed by atoms with van der Waals surface area (Å²) in [7, 11) is 0. The minimum atomic E-state index is -0.307. The highest BCUT2D eigenvalue weighted by molar-refractivity contribution is 5.79. The number of nitrogens with zero attached hydrogens (tertiary/aromatic N) is 1. The maximum Gasteiger partial charge on any atom is 0.227 e. The molecule has 3 aromatic carbocycles. The summed E-state index contributed by atoms with van der Waals surface area (Å²) in [6.45, 7) is 5.44. The molecule has 1 saturated heterocycles. The molecule has 0 radical (unpaired) electrons. The van der Waals surface area contributed by atoms with Gasteiger partial charge in [-0.3, -0.25) is 4.79 Å². The van der Waals surface area contributed by atoms with Gasteiger partial charge in [-0.1, -0.05) is 36.4 Å². The van der Waals surface area contributed by atoms with Crippen LogP contribution in [0.15, 0.2) is 60.7 Å². The number of amides is 1. The Morgan fingerprint density at radius 2 is 1.94 bits per heavy atom. The topological polar surface area (TPSA) is 48.0 Å². The zero-order chi connectivity index (χ0) is 24.2. The quantitative estimate of drug-likeness (QED) is 0.493. The molecule has 2 aliphatic heterocycles. The van der Waals surface area contributed by atoms with E-state index in [1.54, 1.807) is 12.1 Å². The number of carbonyl (C=O) groups is 1. The number of carbonyl (C=O) groups excluding carboxylic acids is 1. The Hall–Kier alpha value is -3.38. The Kier molecular flexibility index (Phi) is 7.00. The molecule has 1 amide bonds. The van der Waals surface area contributed by atoms with Crippen molar-refractivity contribution in [2.45, 2.75) is 26.3 Å². The third-order valence-electron chi connectivity index (χ3n) is 6.68.